The second-order valence-corrected chi connectivity index (χ2v) is 8.71. The Balaban J connectivity index is 2.02. The summed E-state index contributed by atoms with van der Waals surface area (Å²) in [6.07, 6.45) is 4.51. The van der Waals surface area contributed by atoms with E-state index in [1.165, 1.54) is 21.7 Å². The van der Waals surface area contributed by atoms with Gasteiger partial charge in [-0.05, 0) is 83.8 Å². The summed E-state index contributed by atoms with van der Waals surface area (Å²) in [6, 6.07) is 12.1. The van der Waals surface area contributed by atoms with Crippen LogP contribution in [0.5, 0.6) is 23.0 Å². The first-order valence-electron chi connectivity index (χ1n) is 9.39. The molecule has 5 heteroatoms. The van der Waals surface area contributed by atoms with Crippen molar-refractivity contribution in [1.82, 2.24) is 0 Å². The molecular formula is C22H28I2O3. The minimum absolute atomic E-state index is 0.742. The van der Waals surface area contributed by atoms with Gasteiger partial charge in [-0.1, -0.05) is 45.2 Å². The van der Waals surface area contributed by atoms with E-state index in [4.69, 9.17) is 14.2 Å². The van der Waals surface area contributed by atoms with Gasteiger partial charge >= 0.3 is 0 Å². The van der Waals surface area contributed by atoms with Crippen molar-refractivity contribution in [1.29, 1.82) is 0 Å². The Morgan fingerprint density at radius 2 is 1.00 bits per heavy atom. The SMILES string of the molecule is Cc1cc(OCCCCI)cc(Oc2cc(C)cc(OCCCCI)c2)c1. The maximum absolute atomic E-state index is 6.11. The zero-order valence-corrected chi connectivity index (χ0v) is 20.4. The number of rotatable bonds is 12. The maximum Gasteiger partial charge on any atom is 0.131 e. The number of aryl methyl sites for hydroxylation is 2. The fraction of sp³-hybridized carbons (Fsp3) is 0.455. The van der Waals surface area contributed by atoms with E-state index in [0.29, 0.717) is 0 Å². The third kappa shape index (κ3) is 8.89. The molecule has 0 saturated heterocycles. The standard InChI is InChI=1S/C22H28I2O3/c1-17-11-19(25-9-5-3-7-23)15-21(13-17)27-22-14-18(2)12-20(16-22)26-10-6-4-8-24/h11-16H,3-10H2,1-2H3. The van der Waals surface area contributed by atoms with Crippen molar-refractivity contribution in [3.8, 4) is 23.0 Å². The molecule has 0 heterocycles. The topological polar surface area (TPSA) is 27.7 Å². The number of alkyl halides is 2. The van der Waals surface area contributed by atoms with Gasteiger partial charge in [0.15, 0.2) is 0 Å². The van der Waals surface area contributed by atoms with Crippen LogP contribution in [0.3, 0.4) is 0 Å². The lowest BCUT2D eigenvalue weighted by molar-refractivity contribution is 0.307. The number of benzene rings is 2. The monoisotopic (exact) mass is 594 g/mol. The van der Waals surface area contributed by atoms with Crippen LogP contribution in [0.15, 0.2) is 36.4 Å². The minimum Gasteiger partial charge on any atom is -0.493 e. The normalized spacial score (nSPS) is 10.7. The third-order valence-corrected chi connectivity index (χ3v) is 5.40. The van der Waals surface area contributed by atoms with Crippen LogP contribution >= 0.6 is 45.2 Å². The van der Waals surface area contributed by atoms with E-state index in [9.17, 15) is 0 Å². The first-order chi connectivity index (χ1) is 13.1. The molecule has 148 valence electrons. The zero-order chi connectivity index (χ0) is 19.5. The summed E-state index contributed by atoms with van der Waals surface area (Å²) in [4.78, 5) is 0. The highest BCUT2D eigenvalue weighted by Crippen LogP contribution is 2.30. The molecule has 0 spiro atoms. The van der Waals surface area contributed by atoms with E-state index in [1.807, 2.05) is 24.3 Å². The Kier molecular flexibility index (Phi) is 10.6. The van der Waals surface area contributed by atoms with E-state index < -0.39 is 0 Å². The lowest BCUT2D eigenvalue weighted by atomic mass is 10.2. The van der Waals surface area contributed by atoms with Gasteiger partial charge in [0.05, 0.1) is 13.2 Å². The average Bonchev–Trinajstić information content (AvgIpc) is 2.61. The molecule has 0 aromatic heterocycles. The van der Waals surface area contributed by atoms with Crippen LogP contribution in [0, 0.1) is 13.8 Å². The number of ether oxygens (including phenoxy) is 3. The van der Waals surface area contributed by atoms with Crippen molar-refractivity contribution in [2.45, 2.75) is 39.5 Å². The molecule has 0 aliphatic carbocycles. The molecule has 0 atom stereocenters. The number of hydrogen-bond acceptors (Lipinski definition) is 3. The number of hydrogen-bond donors (Lipinski definition) is 0. The lowest BCUT2D eigenvalue weighted by Crippen LogP contribution is -1.99. The van der Waals surface area contributed by atoms with Crippen molar-refractivity contribution in [3.05, 3.63) is 47.5 Å². The van der Waals surface area contributed by atoms with E-state index in [-0.39, 0.29) is 0 Å². The lowest BCUT2D eigenvalue weighted by Gasteiger charge is -2.13. The molecular weight excluding hydrogens is 566 g/mol. The quantitative estimate of drug-likeness (QED) is 0.147. The molecule has 0 N–H and O–H groups in total. The predicted octanol–water partition coefficient (Wildman–Crippen LogP) is 7.28. The average molecular weight is 594 g/mol. The third-order valence-electron chi connectivity index (χ3n) is 3.88. The van der Waals surface area contributed by atoms with Gasteiger partial charge in [0, 0.05) is 12.1 Å². The smallest absolute Gasteiger partial charge is 0.131 e. The highest BCUT2D eigenvalue weighted by atomic mass is 127. The second kappa shape index (κ2) is 12.7. The van der Waals surface area contributed by atoms with Crippen molar-refractivity contribution >= 4 is 45.2 Å². The van der Waals surface area contributed by atoms with Gasteiger partial charge < -0.3 is 14.2 Å². The molecule has 0 unspecified atom stereocenters. The summed E-state index contributed by atoms with van der Waals surface area (Å²) in [5.41, 5.74) is 2.25. The Bertz CT molecular complexity index is 644. The molecule has 0 aliphatic heterocycles. The fourth-order valence-electron chi connectivity index (χ4n) is 2.62. The van der Waals surface area contributed by atoms with Gasteiger partial charge in [0.2, 0.25) is 0 Å². The second-order valence-electron chi connectivity index (χ2n) is 6.55. The maximum atomic E-state index is 6.11. The number of halogens is 2. The number of unbranched alkanes of at least 4 members (excludes halogenated alkanes) is 2. The van der Waals surface area contributed by atoms with Crippen molar-refractivity contribution < 1.29 is 14.2 Å². The largest absolute Gasteiger partial charge is 0.493 e. The van der Waals surface area contributed by atoms with Gasteiger partial charge in [0.1, 0.15) is 23.0 Å². The molecule has 2 aromatic rings. The summed E-state index contributed by atoms with van der Waals surface area (Å²) in [5.74, 6) is 3.31. The van der Waals surface area contributed by atoms with Crippen molar-refractivity contribution in [2.75, 3.05) is 22.1 Å². The first-order valence-corrected chi connectivity index (χ1v) is 12.4. The summed E-state index contributed by atoms with van der Waals surface area (Å²) in [7, 11) is 0. The summed E-state index contributed by atoms with van der Waals surface area (Å²) < 4.78 is 20.2. The highest BCUT2D eigenvalue weighted by Gasteiger charge is 2.06. The molecule has 0 fully saturated rings. The van der Waals surface area contributed by atoms with Crippen LogP contribution in [-0.2, 0) is 0 Å². The van der Waals surface area contributed by atoms with E-state index >= 15 is 0 Å². The van der Waals surface area contributed by atoms with E-state index in [1.54, 1.807) is 0 Å². The summed E-state index contributed by atoms with van der Waals surface area (Å²) in [6.45, 7) is 5.60. The van der Waals surface area contributed by atoms with Gasteiger partial charge in [-0.15, -0.1) is 0 Å². The molecule has 0 aliphatic rings. The van der Waals surface area contributed by atoms with Crippen LogP contribution in [0.1, 0.15) is 36.8 Å². The summed E-state index contributed by atoms with van der Waals surface area (Å²) in [5, 5.41) is 0. The van der Waals surface area contributed by atoms with Crippen molar-refractivity contribution in [2.24, 2.45) is 0 Å². The van der Waals surface area contributed by atoms with Crippen LogP contribution < -0.4 is 14.2 Å². The Hall–Kier alpha value is -0.700. The Morgan fingerprint density at radius 1 is 0.593 bits per heavy atom. The van der Waals surface area contributed by atoms with Crippen LogP contribution in [0.4, 0.5) is 0 Å². The molecule has 3 nitrogen and oxygen atoms in total. The zero-order valence-electron chi connectivity index (χ0n) is 16.1. The van der Waals surface area contributed by atoms with E-state index in [2.05, 4.69) is 71.2 Å². The molecule has 2 aromatic carbocycles. The molecule has 0 saturated carbocycles. The highest BCUT2D eigenvalue weighted by molar-refractivity contribution is 14.1. The fourth-order valence-corrected chi connectivity index (χ4v) is 3.70. The van der Waals surface area contributed by atoms with Crippen LogP contribution in [0.25, 0.3) is 0 Å². The summed E-state index contributed by atoms with van der Waals surface area (Å²) >= 11 is 4.79. The predicted molar refractivity (Wildman–Crippen MR) is 130 cm³/mol. The van der Waals surface area contributed by atoms with Gasteiger partial charge in [0.25, 0.3) is 0 Å². The van der Waals surface area contributed by atoms with E-state index in [0.717, 1.165) is 60.2 Å². The first kappa shape index (κ1) is 22.6. The minimum atomic E-state index is 0.742. The van der Waals surface area contributed by atoms with Gasteiger partial charge in [-0.2, -0.15) is 0 Å². The van der Waals surface area contributed by atoms with Crippen molar-refractivity contribution in [3.63, 3.8) is 0 Å². The molecule has 27 heavy (non-hydrogen) atoms. The Morgan fingerprint density at radius 3 is 1.41 bits per heavy atom. The van der Waals surface area contributed by atoms with Gasteiger partial charge in [-0.3, -0.25) is 0 Å². The van der Waals surface area contributed by atoms with Crippen LogP contribution in [-0.4, -0.2) is 22.1 Å². The van der Waals surface area contributed by atoms with Crippen LogP contribution in [0.2, 0.25) is 0 Å². The molecule has 0 amide bonds. The molecule has 2 rings (SSSR count). The Labute approximate surface area is 190 Å². The molecule has 0 bridgehead atoms. The molecule has 0 radical (unpaired) electrons. The van der Waals surface area contributed by atoms with Gasteiger partial charge in [-0.25, -0.2) is 0 Å².